The summed E-state index contributed by atoms with van der Waals surface area (Å²) < 4.78 is 24.2. The first kappa shape index (κ1) is 16.0. The Morgan fingerprint density at radius 3 is 3.17 bits per heavy atom. The molecular weight excluding hydrogens is 299 g/mol. The Morgan fingerprint density at radius 2 is 2.35 bits per heavy atom. The molecule has 0 aliphatic carbocycles. The van der Waals surface area contributed by atoms with E-state index < -0.39 is 0 Å². The van der Waals surface area contributed by atoms with Crippen molar-refractivity contribution in [1.29, 1.82) is 0 Å². The maximum Gasteiger partial charge on any atom is 0.267 e. The fraction of sp³-hybridized carbons (Fsp3) is 0.471. The maximum absolute atomic E-state index is 13.1. The van der Waals surface area contributed by atoms with E-state index in [2.05, 4.69) is 10.3 Å². The first-order chi connectivity index (χ1) is 11.2. The lowest BCUT2D eigenvalue weighted by Gasteiger charge is -2.10. The third-order valence-electron chi connectivity index (χ3n) is 3.91. The minimum atomic E-state index is -0.313. The minimum absolute atomic E-state index is 0.194. The molecule has 0 radical (unpaired) electrons. The van der Waals surface area contributed by atoms with Crippen LogP contribution in [0.15, 0.2) is 24.3 Å². The highest BCUT2D eigenvalue weighted by molar-refractivity contribution is 5.97. The Hall–Kier alpha value is -1.92. The number of carbonyl (C=O) groups excluding carboxylic acids is 1. The normalized spacial score (nSPS) is 17.7. The monoisotopic (exact) mass is 320 g/mol. The van der Waals surface area contributed by atoms with Gasteiger partial charge in [-0.05, 0) is 43.5 Å². The van der Waals surface area contributed by atoms with Crippen molar-refractivity contribution in [3.63, 3.8) is 0 Å². The van der Waals surface area contributed by atoms with Gasteiger partial charge in [-0.25, -0.2) is 4.39 Å². The van der Waals surface area contributed by atoms with Crippen LogP contribution in [0.25, 0.3) is 10.9 Å². The molecule has 1 fully saturated rings. The standard InChI is InChI=1S/C17H21FN2O3/c18-13-4-5-15-12(9-13)10-16(20-15)17(21)19-6-2-7-22-11-14-3-1-8-23-14/h4-5,9-10,14,20H,1-3,6-8,11H2,(H,19,21). The molecule has 3 rings (SSSR count). The van der Waals surface area contributed by atoms with Gasteiger partial charge in [-0.1, -0.05) is 0 Å². The van der Waals surface area contributed by atoms with E-state index >= 15 is 0 Å². The van der Waals surface area contributed by atoms with Gasteiger partial charge in [0, 0.05) is 30.7 Å². The summed E-state index contributed by atoms with van der Waals surface area (Å²) in [5, 5.41) is 3.52. The topological polar surface area (TPSA) is 63.4 Å². The van der Waals surface area contributed by atoms with E-state index in [1.807, 2.05) is 0 Å². The van der Waals surface area contributed by atoms with Crippen LogP contribution in [-0.4, -0.2) is 43.4 Å². The summed E-state index contributed by atoms with van der Waals surface area (Å²) in [4.78, 5) is 15.0. The van der Waals surface area contributed by atoms with Crippen LogP contribution in [-0.2, 0) is 9.47 Å². The van der Waals surface area contributed by atoms with E-state index in [-0.39, 0.29) is 17.8 Å². The van der Waals surface area contributed by atoms with E-state index in [9.17, 15) is 9.18 Å². The van der Waals surface area contributed by atoms with Crippen LogP contribution >= 0.6 is 0 Å². The Bertz CT molecular complexity index is 665. The Labute approximate surface area is 134 Å². The number of carbonyl (C=O) groups is 1. The van der Waals surface area contributed by atoms with Crippen LogP contribution in [0.2, 0.25) is 0 Å². The molecule has 1 aliphatic heterocycles. The number of aromatic amines is 1. The van der Waals surface area contributed by atoms with Gasteiger partial charge in [0.05, 0.1) is 12.7 Å². The Morgan fingerprint density at radius 1 is 1.43 bits per heavy atom. The second-order valence-electron chi connectivity index (χ2n) is 5.73. The van der Waals surface area contributed by atoms with Crippen LogP contribution in [0, 0.1) is 5.82 Å². The van der Waals surface area contributed by atoms with E-state index in [0.29, 0.717) is 30.8 Å². The zero-order valence-corrected chi connectivity index (χ0v) is 12.9. The number of nitrogens with one attached hydrogen (secondary N) is 2. The van der Waals surface area contributed by atoms with Crippen molar-refractivity contribution in [3.05, 3.63) is 35.8 Å². The smallest absolute Gasteiger partial charge is 0.267 e. The SMILES string of the molecule is O=C(NCCCOCC1CCCO1)c1cc2cc(F)ccc2[nH]1. The second-order valence-corrected chi connectivity index (χ2v) is 5.73. The lowest BCUT2D eigenvalue weighted by atomic mass is 10.2. The largest absolute Gasteiger partial charge is 0.379 e. The molecule has 1 saturated heterocycles. The van der Waals surface area contributed by atoms with Crippen LogP contribution < -0.4 is 5.32 Å². The van der Waals surface area contributed by atoms with Crippen molar-refractivity contribution in [2.45, 2.75) is 25.4 Å². The lowest BCUT2D eigenvalue weighted by molar-refractivity contribution is 0.0166. The van der Waals surface area contributed by atoms with Gasteiger partial charge in [0.15, 0.2) is 0 Å². The van der Waals surface area contributed by atoms with Gasteiger partial charge in [0.1, 0.15) is 11.5 Å². The van der Waals surface area contributed by atoms with Gasteiger partial charge in [-0.2, -0.15) is 0 Å². The molecule has 6 heteroatoms. The Kier molecular flexibility index (Phi) is 5.25. The Balaban J connectivity index is 1.38. The summed E-state index contributed by atoms with van der Waals surface area (Å²) in [6.45, 7) is 2.59. The van der Waals surface area contributed by atoms with Crippen molar-refractivity contribution >= 4 is 16.8 Å². The summed E-state index contributed by atoms with van der Waals surface area (Å²) in [6.07, 6.45) is 3.15. The van der Waals surface area contributed by atoms with Gasteiger partial charge in [-0.15, -0.1) is 0 Å². The molecule has 0 saturated carbocycles. The fourth-order valence-electron chi connectivity index (χ4n) is 2.69. The van der Waals surface area contributed by atoms with Crippen LogP contribution in [0.1, 0.15) is 29.8 Å². The second kappa shape index (κ2) is 7.57. The molecule has 1 aromatic carbocycles. The summed E-state index contributed by atoms with van der Waals surface area (Å²) >= 11 is 0. The highest BCUT2D eigenvalue weighted by atomic mass is 19.1. The van der Waals surface area contributed by atoms with E-state index in [1.165, 1.54) is 12.1 Å². The van der Waals surface area contributed by atoms with E-state index in [0.717, 1.165) is 31.4 Å². The molecule has 0 spiro atoms. The number of fused-ring (bicyclic) bond motifs is 1. The molecule has 5 nitrogen and oxygen atoms in total. The molecule has 2 N–H and O–H groups in total. The average molecular weight is 320 g/mol. The quantitative estimate of drug-likeness (QED) is 0.771. The molecule has 1 unspecified atom stereocenters. The molecule has 124 valence electrons. The number of halogens is 1. The molecule has 23 heavy (non-hydrogen) atoms. The number of hydrogen-bond acceptors (Lipinski definition) is 3. The van der Waals surface area contributed by atoms with E-state index in [1.54, 1.807) is 12.1 Å². The molecule has 1 aliphatic rings. The highest BCUT2D eigenvalue weighted by Gasteiger charge is 2.15. The van der Waals surface area contributed by atoms with Gasteiger partial charge in [0.2, 0.25) is 0 Å². The number of aromatic nitrogens is 1. The predicted molar refractivity (Wildman–Crippen MR) is 85.0 cm³/mol. The number of hydrogen-bond donors (Lipinski definition) is 2. The number of amides is 1. The summed E-state index contributed by atoms with van der Waals surface area (Å²) in [7, 11) is 0. The van der Waals surface area contributed by atoms with Crippen molar-refractivity contribution in [2.75, 3.05) is 26.4 Å². The van der Waals surface area contributed by atoms with Crippen molar-refractivity contribution in [2.24, 2.45) is 0 Å². The van der Waals surface area contributed by atoms with Crippen molar-refractivity contribution in [3.8, 4) is 0 Å². The van der Waals surface area contributed by atoms with Gasteiger partial charge in [-0.3, -0.25) is 4.79 Å². The third-order valence-corrected chi connectivity index (χ3v) is 3.91. The molecule has 1 aromatic heterocycles. The van der Waals surface area contributed by atoms with Gasteiger partial charge in [0.25, 0.3) is 5.91 Å². The van der Waals surface area contributed by atoms with E-state index in [4.69, 9.17) is 9.47 Å². The number of ether oxygens (including phenoxy) is 2. The van der Waals surface area contributed by atoms with Crippen molar-refractivity contribution in [1.82, 2.24) is 10.3 Å². The summed E-state index contributed by atoms with van der Waals surface area (Å²) in [6, 6.07) is 6.05. The van der Waals surface area contributed by atoms with Crippen LogP contribution in [0.5, 0.6) is 0 Å². The average Bonchev–Trinajstić information content (AvgIpc) is 3.19. The van der Waals surface area contributed by atoms with Crippen molar-refractivity contribution < 1.29 is 18.7 Å². The fourth-order valence-corrected chi connectivity index (χ4v) is 2.69. The zero-order valence-electron chi connectivity index (χ0n) is 12.9. The maximum atomic E-state index is 13.1. The number of rotatable bonds is 7. The first-order valence-electron chi connectivity index (χ1n) is 7.98. The summed E-state index contributed by atoms with van der Waals surface area (Å²) in [5.74, 6) is -0.507. The first-order valence-corrected chi connectivity index (χ1v) is 7.98. The highest BCUT2D eigenvalue weighted by Crippen LogP contribution is 2.16. The molecule has 1 amide bonds. The summed E-state index contributed by atoms with van der Waals surface area (Å²) in [5.41, 5.74) is 1.18. The number of H-pyrrole nitrogens is 1. The van der Waals surface area contributed by atoms with Gasteiger partial charge >= 0.3 is 0 Å². The predicted octanol–water partition coefficient (Wildman–Crippen LogP) is 2.62. The zero-order chi connectivity index (χ0) is 16.1. The third kappa shape index (κ3) is 4.30. The van der Waals surface area contributed by atoms with Crippen LogP contribution in [0.4, 0.5) is 4.39 Å². The molecule has 1 atom stereocenters. The molecule has 2 heterocycles. The molecule has 0 bridgehead atoms. The minimum Gasteiger partial charge on any atom is -0.379 e. The molecule has 2 aromatic rings. The lowest BCUT2D eigenvalue weighted by Crippen LogP contribution is -2.26. The van der Waals surface area contributed by atoms with Gasteiger partial charge < -0.3 is 19.8 Å². The van der Waals surface area contributed by atoms with Crippen LogP contribution in [0.3, 0.4) is 0 Å². The number of benzene rings is 1. The molecular formula is C17H21FN2O3.